The van der Waals surface area contributed by atoms with Crippen LogP contribution in [0.25, 0.3) is 0 Å². The van der Waals surface area contributed by atoms with Crippen LogP contribution in [0.15, 0.2) is 16.3 Å². The molecule has 0 aromatic rings. The summed E-state index contributed by atoms with van der Waals surface area (Å²) < 4.78 is 0. The second kappa shape index (κ2) is 3.52. The van der Waals surface area contributed by atoms with Gasteiger partial charge in [0.15, 0.2) is 0 Å². The third-order valence-corrected chi connectivity index (χ3v) is 1.21. The number of nitrogens with zero attached hydrogens (tertiary/aromatic N) is 1. The Morgan fingerprint density at radius 1 is 1.50 bits per heavy atom. The topological polar surface area (TPSA) is 12.4 Å². The van der Waals surface area contributed by atoms with Crippen molar-refractivity contribution in [1.29, 1.82) is 0 Å². The molecule has 0 aromatic carbocycles. The average molecular weight is 183 g/mol. The Labute approximate surface area is 75.1 Å². The molecule has 1 rings (SSSR count). The number of rotatable bonds is 0. The van der Waals surface area contributed by atoms with E-state index in [9.17, 15) is 0 Å². The van der Waals surface area contributed by atoms with Gasteiger partial charge in [-0.1, -0.05) is 20.3 Å². The van der Waals surface area contributed by atoms with Crippen LogP contribution in [0, 0.1) is 0 Å². The van der Waals surface area contributed by atoms with E-state index in [1.54, 1.807) is 0 Å². The minimum Gasteiger partial charge on any atom is -0.460 e. The molecule has 0 amide bonds. The largest absolute Gasteiger partial charge is 0.460 e. The van der Waals surface area contributed by atoms with Crippen molar-refractivity contribution in [3.8, 4) is 0 Å². The van der Waals surface area contributed by atoms with Gasteiger partial charge in [-0.3, -0.25) is 0 Å². The molecule has 0 aromatic heterocycles. The quantitative estimate of drug-likeness (QED) is 0.506. The standard InChI is InChI=1S/C6H8N.Y/c1-5-3-4-7-6(5)2;/h3H2,1-2H3;/q-1;. The van der Waals surface area contributed by atoms with E-state index in [2.05, 4.69) is 18.1 Å². The predicted octanol–water partition coefficient (Wildman–Crippen LogP) is 1.63. The fourth-order valence-corrected chi connectivity index (χ4v) is 0.500. The van der Waals surface area contributed by atoms with Gasteiger partial charge in [0.25, 0.3) is 0 Å². The van der Waals surface area contributed by atoms with Gasteiger partial charge in [0.2, 0.25) is 0 Å². The van der Waals surface area contributed by atoms with Gasteiger partial charge < -0.3 is 4.99 Å². The van der Waals surface area contributed by atoms with E-state index in [-0.39, 0.29) is 32.7 Å². The molecule has 0 fully saturated rings. The van der Waals surface area contributed by atoms with Crippen LogP contribution in [-0.4, -0.2) is 6.21 Å². The zero-order valence-corrected chi connectivity index (χ0v) is 8.07. The number of hydrogen-bond donors (Lipinski definition) is 0. The van der Waals surface area contributed by atoms with E-state index in [0.717, 1.165) is 12.1 Å². The zero-order chi connectivity index (χ0) is 5.28. The summed E-state index contributed by atoms with van der Waals surface area (Å²) in [7, 11) is 0. The maximum Gasteiger partial charge on any atom is 0 e. The summed E-state index contributed by atoms with van der Waals surface area (Å²) in [6, 6.07) is 0. The molecular formula is C6H8NY-. The second-order valence-corrected chi connectivity index (χ2v) is 1.81. The van der Waals surface area contributed by atoms with Gasteiger partial charge in [-0.15, -0.1) is 11.3 Å². The smallest absolute Gasteiger partial charge is 0 e. The summed E-state index contributed by atoms with van der Waals surface area (Å²) >= 11 is 0. The molecule has 1 aliphatic rings. The fraction of sp³-hybridized carbons (Fsp3) is 0.500. The second-order valence-electron chi connectivity index (χ2n) is 1.81. The third kappa shape index (κ3) is 1.79. The van der Waals surface area contributed by atoms with Gasteiger partial charge in [-0.05, 0) is 0 Å². The maximum absolute atomic E-state index is 3.95. The summed E-state index contributed by atoms with van der Waals surface area (Å²) in [5.41, 5.74) is 2.49. The minimum atomic E-state index is 0. The number of aliphatic imine (C=N–C) groups is 1. The molecule has 0 unspecified atom stereocenters. The molecule has 8 heavy (non-hydrogen) atoms. The zero-order valence-electron chi connectivity index (χ0n) is 5.23. The first-order chi connectivity index (χ1) is 3.30. The Morgan fingerprint density at radius 2 is 2.12 bits per heavy atom. The molecule has 0 saturated heterocycles. The van der Waals surface area contributed by atoms with E-state index >= 15 is 0 Å². The molecule has 1 aliphatic heterocycles. The molecule has 1 nitrogen and oxygen atoms in total. The Hall–Kier alpha value is 0.514. The van der Waals surface area contributed by atoms with Crippen LogP contribution in [0.3, 0.4) is 0 Å². The average Bonchev–Trinajstić information content (AvgIpc) is 1.91. The van der Waals surface area contributed by atoms with Crippen molar-refractivity contribution >= 4 is 6.21 Å². The summed E-state index contributed by atoms with van der Waals surface area (Å²) in [4.78, 5) is 3.95. The van der Waals surface area contributed by atoms with Gasteiger partial charge >= 0.3 is 0 Å². The first kappa shape index (κ1) is 8.51. The Kier molecular flexibility index (Phi) is 3.75. The van der Waals surface area contributed by atoms with Crippen molar-refractivity contribution in [3.05, 3.63) is 11.3 Å². The normalized spacial score (nSPS) is 16.8. The first-order valence-corrected chi connectivity index (χ1v) is 2.40. The van der Waals surface area contributed by atoms with Crippen LogP contribution in [0.1, 0.15) is 20.3 Å². The Balaban J connectivity index is 0.000000490. The molecule has 0 saturated carbocycles. The van der Waals surface area contributed by atoms with E-state index in [4.69, 9.17) is 0 Å². The fourth-order valence-electron chi connectivity index (χ4n) is 0.500. The van der Waals surface area contributed by atoms with Crippen molar-refractivity contribution in [3.63, 3.8) is 0 Å². The van der Waals surface area contributed by atoms with Gasteiger partial charge in [0.1, 0.15) is 0 Å². The molecule has 0 N–H and O–H groups in total. The van der Waals surface area contributed by atoms with Crippen LogP contribution in [0.2, 0.25) is 0 Å². The summed E-state index contributed by atoms with van der Waals surface area (Å²) in [6.07, 6.45) is 3.81. The van der Waals surface area contributed by atoms with Gasteiger partial charge in [0.05, 0.1) is 0 Å². The van der Waals surface area contributed by atoms with Crippen LogP contribution in [0.5, 0.6) is 0 Å². The molecule has 0 aliphatic carbocycles. The monoisotopic (exact) mass is 183 g/mol. The van der Waals surface area contributed by atoms with Crippen LogP contribution < -0.4 is 0 Å². The molecule has 41 valence electrons. The Bertz CT molecular complexity index is 135. The molecule has 1 radical (unpaired) electrons. The summed E-state index contributed by atoms with van der Waals surface area (Å²) in [5.74, 6) is 0. The number of allylic oxidation sites excluding steroid dienone is 2. The molecular weight excluding hydrogens is 175 g/mol. The van der Waals surface area contributed by atoms with Crippen LogP contribution in [-0.2, 0) is 32.7 Å². The van der Waals surface area contributed by atoms with Crippen LogP contribution >= 0.6 is 0 Å². The third-order valence-electron chi connectivity index (χ3n) is 1.21. The van der Waals surface area contributed by atoms with Crippen molar-refractivity contribution < 1.29 is 32.7 Å². The van der Waals surface area contributed by atoms with Crippen LogP contribution in [0.4, 0.5) is 0 Å². The first-order valence-electron chi connectivity index (χ1n) is 2.40. The van der Waals surface area contributed by atoms with Gasteiger partial charge in [-0.25, -0.2) is 0 Å². The summed E-state index contributed by atoms with van der Waals surface area (Å²) in [5, 5.41) is 0. The molecule has 0 bridgehead atoms. The van der Waals surface area contributed by atoms with Crippen molar-refractivity contribution in [1.82, 2.24) is 0 Å². The molecule has 0 atom stereocenters. The van der Waals surface area contributed by atoms with Crippen molar-refractivity contribution in [2.45, 2.75) is 20.3 Å². The number of hydrogen-bond acceptors (Lipinski definition) is 1. The van der Waals surface area contributed by atoms with E-state index in [1.807, 2.05) is 6.92 Å². The van der Waals surface area contributed by atoms with Gasteiger partial charge in [0, 0.05) is 32.7 Å². The molecule has 2 heteroatoms. The van der Waals surface area contributed by atoms with Gasteiger partial charge in [-0.2, -0.15) is 6.21 Å². The SMILES string of the molecule is CC1=C(C)N=[C-]C1.[Y]. The van der Waals surface area contributed by atoms with E-state index in [1.165, 1.54) is 5.57 Å². The van der Waals surface area contributed by atoms with E-state index < -0.39 is 0 Å². The van der Waals surface area contributed by atoms with E-state index in [0.29, 0.717) is 0 Å². The predicted molar refractivity (Wildman–Crippen MR) is 30.4 cm³/mol. The summed E-state index contributed by atoms with van der Waals surface area (Å²) in [6.45, 7) is 4.09. The molecule has 1 heterocycles. The van der Waals surface area contributed by atoms with Crippen molar-refractivity contribution in [2.24, 2.45) is 4.99 Å². The van der Waals surface area contributed by atoms with Crippen molar-refractivity contribution in [2.75, 3.05) is 0 Å². The molecule has 0 spiro atoms. The minimum absolute atomic E-state index is 0. The maximum atomic E-state index is 3.95. The Morgan fingerprint density at radius 3 is 2.25 bits per heavy atom.